The van der Waals surface area contributed by atoms with Gasteiger partial charge >= 0.3 is 0 Å². The van der Waals surface area contributed by atoms with Gasteiger partial charge in [-0.2, -0.15) is 0 Å². The molecule has 2 rings (SSSR count). The molecule has 0 aromatic heterocycles. The van der Waals surface area contributed by atoms with Crippen molar-refractivity contribution >= 4 is 0 Å². The number of hydrogen-bond acceptors (Lipinski definition) is 2. The average molecular weight is 239 g/mol. The fourth-order valence-electron chi connectivity index (χ4n) is 3.44. The lowest BCUT2D eigenvalue weighted by Gasteiger charge is -2.37. The van der Waals surface area contributed by atoms with Gasteiger partial charge in [0.05, 0.1) is 6.61 Å². The molecule has 0 aromatic rings. The lowest BCUT2D eigenvalue weighted by molar-refractivity contribution is 0.124. The molecule has 0 radical (unpaired) electrons. The van der Waals surface area contributed by atoms with Gasteiger partial charge in [-0.1, -0.05) is 26.7 Å². The quantitative estimate of drug-likeness (QED) is 0.768. The summed E-state index contributed by atoms with van der Waals surface area (Å²) < 4.78 is 5.38. The van der Waals surface area contributed by atoms with Gasteiger partial charge in [-0.05, 0) is 43.4 Å². The summed E-state index contributed by atoms with van der Waals surface area (Å²) in [5, 5.41) is 3.93. The number of hydrogen-bond donors (Lipinski definition) is 1. The molecule has 3 atom stereocenters. The summed E-state index contributed by atoms with van der Waals surface area (Å²) in [4.78, 5) is 0. The van der Waals surface area contributed by atoms with Crippen LogP contribution in [0.15, 0.2) is 0 Å². The van der Waals surface area contributed by atoms with Crippen LogP contribution in [0.3, 0.4) is 0 Å². The molecule has 0 bridgehead atoms. The number of ether oxygens (including phenoxy) is 1. The molecule has 1 N–H and O–H groups in total. The van der Waals surface area contributed by atoms with Crippen LogP contribution < -0.4 is 5.32 Å². The number of methoxy groups -OCH3 is 1. The maximum Gasteiger partial charge on any atom is 0.0618 e. The highest BCUT2D eigenvalue weighted by Crippen LogP contribution is 2.36. The largest absolute Gasteiger partial charge is 0.383 e. The van der Waals surface area contributed by atoms with Crippen LogP contribution in [-0.4, -0.2) is 25.8 Å². The van der Waals surface area contributed by atoms with Crippen molar-refractivity contribution in [3.8, 4) is 0 Å². The smallest absolute Gasteiger partial charge is 0.0618 e. The maximum absolute atomic E-state index is 5.38. The van der Waals surface area contributed by atoms with Crippen LogP contribution in [0.1, 0.15) is 52.4 Å². The van der Waals surface area contributed by atoms with Gasteiger partial charge < -0.3 is 10.1 Å². The SMILES string of the molecule is COCC(NC1CCCCC1C(C)C)C1CC1. The van der Waals surface area contributed by atoms with Crippen molar-refractivity contribution in [3.63, 3.8) is 0 Å². The Hall–Kier alpha value is -0.0800. The molecule has 17 heavy (non-hydrogen) atoms. The highest BCUT2D eigenvalue weighted by molar-refractivity contribution is 4.91. The van der Waals surface area contributed by atoms with E-state index >= 15 is 0 Å². The Morgan fingerprint density at radius 3 is 2.41 bits per heavy atom. The predicted molar refractivity (Wildman–Crippen MR) is 72.1 cm³/mol. The fourth-order valence-corrected chi connectivity index (χ4v) is 3.44. The second kappa shape index (κ2) is 6.19. The van der Waals surface area contributed by atoms with E-state index in [0.717, 1.165) is 30.4 Å². The fraction of sp³-hybridized carbons (Fsp3) is 1.00. The molecule has 2 aliphatic rings. The van der Waals surface area contributed by atoms with Crippen molar-refractivity contribution in [1.82, 2.24) is 5.32 Å². The number of rotatable bonds is 6. The maximum atomic E-state index is 5.38. The standard InChI is InChI=1S/C15H29NO/c1-11(2)13-6-4-5-7-14(13)16-15(10-17-3)12-8-9-12/h11-16H,4-10H2,1-3H3. The van der Waals surface area contributed by atoms with Crippen molar-refractivity contribution in [2.45, 2.75) is 64.5 Å². The van der Waals surface area contributed by atoms with E-state index in [9.17, 15) is 0 Å². The van der Waals surface area contributed by atoms with Gasteiger partial charge in [-0.15, -0.1) is 0 Å². The van der Waals surface area contributed by atoms with Crippen molar-refractivity contribution in [2.24, 2.45) is 17.8 Å². The van der Waals surface area contributed by atoms with E-state index in [2.05, 4.69) is 19.2 Å². The Morgan fingerprint density at radius 1 is 1.12 bits per heavy atom. The second-order valence-corrected chi connectivity index (χ2v) is 6.36. The molecule has 0 amide bonds. The Balaban J connectivity index is 1.89. The van der Waals surface area contributed by atoms with E-state index in [0.29, 0.717) is 6.04 Å². The minimum absolute atomic E-state index is 0.615. The first-order valence-corrected chi connectivity index (χ1v) is 7.47. The third kappa shape index (κ3) is 3.69. The van der Waals surface area contributed by atoms with Gasteiger partial charge in [-0.25, -0.2) is 0 Å². The van der Waals surface area contributed by atoms with Gasteiger partial charge in [0.2, 0.25) is 0 Å². The zero-order valence-corrected chi connectivity index (χ0v) is 11.7. The lowest BCUT2D eigenvalue weighted by atomic mass is 9.77. The molecule has 0 aromatic carbocycles. The van der Waals surface area contributed by atoms with E-state index < -0.39 is 0 Å². The molecule has 0 aliphatic heterocycles. The third-order valence-electron chi connectivity index (χ3n) is 4.64. The Labute approximate surface area is 107 Å². The van der Waals surface area contributed by atoms with Crippen molar-refractivity contribution in [1.29, 1.82) is 0 Å². The van der Waals surface area contributed by atoms with Crippen molar-refractivity contribution in [2.75, 3.05) is 13.7 Å². The molecule has 100 valence electrons. The summed E-state index contributed by atoms with van der Waals surface area (Å²) in [6, 6.07) is 1.36. The molecular weight excluding hydrogens is 210 g/mol. The van der Waals surface area contributed by atoms with Crippen molar-refractivity contribution < 1.29 is 4.74 Å². The summed E-state index contributed by atoms with van der Waals surface area (Å²) in [5.41, 5.74) is 0. The van der Waals surface area contributed by atoms with E-state index in [4.69, 9.17) is 4.74 Å². The molecular formula is C15H29NO. The normalized spacial score (nSPS) is 31.8. The predicted octanol–water partition coefficient (Wildman–Crippen LogP) is 3.22. The Bertz CT molecular complexity index is 225. The zero-order chi connectivity index (χ0) is 12.3. The summed E-state index contributed by atoms with van der Waals surface area (Å²) in [6.07, 6.45) is 8.43. The van der Waals surface area contributed by atoms with E-state index in [1.807, 2.05) is 7.11 Å². The minimum atomic E-state index is 0.615. The van der Waals surface area contributed by atoms with Gasteiger partial charge in [-0.3, -0.25) is 0 Å². The topological polar surface area (TPSA) is 21.3 Å². The second-order valence-electron chi connectivity index (χ2n) is 6.36. The van der Waals surface area contributed by atoms with Crippen LogP contribution in [0.2, 0.25) is 0 Å². The molecule has 0 saturated heterocycles. The first kappa shape index (κ1) is 13.4. The third-order valence-corrected chi connectivity index (χ3v) is 4.64. The van der Waals surface area contributed by atoms with Crippen LogP contribution in [0.25, 0.3) is 0 Å². The molecule has 2 aliphatic carbocycles. The minimum Gasteiger partial charge on any atom is -0.383 e. The lowest BCUT2D eigenvalue weighted by Crippen LogP contribution is -2.48. The monoisotopic (exact) mass is 239 g/mol. The highest BCUT2D eigenvalue weighted by atomic mass is 16.5. The summed E-state index contributed by atoms with van der Waals surface area (Å²) in [7, 11) is 1.83. The van der Waals surface area contributed by atoms with Crippen molar-refractivity contribution in [3.05, 3.63) is 0 Å². The molecule has 3 unspecified atom stereocenters. The zero-order valence-electron chi connectivity index (χ0n) is 11.7. The van der Waals surface area contributed by atoms with Gasteiger partial charge in [0.1, 0.15) is 0 Å². The first-order valence-electron chi connectivity index (χ1n) is 7.47. The molecule has 2 saturated carbocycles. The van der Waals surface area contributed by atoms with E-state index in [-0.39, 0.29) is 0 Å². The van der Waals surface area contributed by atoms with Gasteiger partial charge in [0, 0.05) is 19.2 Å². The van der Waals surface area contributed by atoms with E-state index in [1.165, 1.54) is 38.5 Å². The van der Waals surface area contributed by atoms with Crippen LogP contribution in [0, 0.1) is 17.8 Å². The molecule has 2 fully saturated rings. The van der Waals surface area contributed by atoms with Crippen LogP contribution >= 0.6 is 0 Å². The molecule has 2 nitrogen and oxygen atoms in total. The Morgan fingerprint density at radius 2 is 1.82 bits per heavy atom. The average Bonchev–Trinajstić information content (AvgIpc) is 3.13. The van der Waals surface area contributed by atoms with E-state index in [1.54, 1.807) is 0 Å². The molecule has 0 spiro atoms. The molecule has 0 heterocycles. The van der Waals surface area contributed by atoms with Gasteiger partial charge in [0.25, 0.3) is 0 Å². The molecule has 2 heteroatoms. The Kier molecular flexibility index (Phi) is 4.87. The summed E-state index contributed by atoms with van der Waals surface area (Å²) >= 11 is 0. The first-order chi connectivity index (χ1) is 8.22. The van der Waals surface area contributed by atoms with Crippen LogP contribution in [-0.2, 0) is 4.74 Å². The van der Waals surface area contributed by atoms with Gasteiger partial charge in [0.15, 0.2) is 0 Å². The number of nitrogens with one attached hydrogen (secondary N) is 1. The summed E-state index contributed by atoms with van der Waals surface area (Å²) in [5.74, 6) is 2.58. The summed E-state index contributed by atoms with van der Waals surface area (Å²) in [6.45, 7) is 5.66. The van der Waals surface area contributed by atoms with Crippen LogP contribution in [0.4, 0.5) is 0 Å². The van der Waals surface area contributed by atoms with Crippen LogP contribution in [0.5, 0.6) is 0 Å². The highest BCUT2D eigenvalue weighted by Gasteiger charge is 2.35.